The van der Waals surface area contributed by atoms with E-state index >= 15 is 0 Å². The third-order valence-corrected chi connectivity index (χ3v) is 5.17. The predicted octanol–water partition coefficient (Wildman–Crippen LogP) is 0.0186. The van der Waals surface area contributed by atoms with E-state index in [1.165, 1.54) is 0 Å². The zero-order valence-electron chi connectivity index (χ0n) is 10.8. The molecule has 18 heavy (non-hydrogen) atoms. The van der Waals surface area contributed by atoms with Gasteiger partial charge in [-0.2, -0.15) is 0 Å². The van der Waals surface area contributed by atoms with E-state index in [0.717, 1.165) is 19.6 Å². The first kappa shape index (κ1) is 14.1. The van der Waals surface area contributed by atoms with Crippen molar-refractivity contribution in [1.82, 2.24) is 4.90 Å². The lowest BCUT2D eigenvalue weighted by molar-refractivity contribution is -0.106. The Bertz CT molecular complexity index is 268. The molecule has 0 aromatic carbocycles. The van der Waals surface area contributed by atoms with Crippen LogP contribution in [-0.4, -0.2) is 73.2 Å². The number of hydrogen-bond acceptors (Lipinski definition) is 6. The average Bonchev–Trinajstić information content (AvgIpc) is 2.30. The van der Waals surface area contributed by atoms with Gasteiger partial charge in [0.15, 0.2) is 0 Å². The van der Waals surface area contributed by atoms with E-state index in [1.807, 2.05) is 0 Å². The molecule has 3 aliphatic rings. The minimum atomic E-state index is -2.96. The van der Waals surface area contributed by atoms with Crippen LogP contribution < -0.4 is 0 Å². The number of hydrogen-bond donors (Lipinski definition) is 0. The van der Waals surface area contributed by atoms with Gasteiger partial charge in [0.25, 0.3) is 0 Å². The van der Waals surface area contributed by atoms with Gasteiger partial charge in [0.2, 0.25) is 0 Å². The molecular formula is C11H21NO5Si. The highest BCUT2D eigenvalue weighted by Crippen LogP contribution is 2.19. The average molecular weight is 275 g/mol. The van der Waals surface area contributed by atoms with Gasteiger partial charge in [-0.15, -0.1) is 6.58 Å². The molecule has 3 aliphatic heterocycles. The van der Waals surface area contributed by atoms with E-state index in [0.29, 0.717) is 26.4 Å². The van der Waals surface area contributed by atoms with E-state index in [4.69, 9.17) is 22.4 Å². The van der Waals surface area contributed by atoms with Gasteiger partial charge in [-0.3, -0.25) is 4.90 Å². The maximum Gasteiger partial charge on any atom is 0.679 e. The van der Waals surface area contributed by atoms with Crippen LogP contribution in [0.2, 0.25) is 0 Å². The summed E-state index contributed by atoms with van der Waals surface area (Å²) in [5.41, 5.74) is 0. The Balaban J connectivity index is 2.00. The van der Waals surface area contributed by atoms with Crippen LogP contribution in [0.4, 0.5) is 0 Å². The van der Waals surface area contributed by atoms with Crippen molar-refractivity contribution in [1.29, 1.82) is 0 Å². The predicted molar refractivity (Wildman–Crippen MR) is 67.0 cm³/mol. The molecule has 7 heteroatoms. The minimum Gasteiger partial charge on any atom is -0.375 e. The molecule has 0 aliphatic carbocycles. The highest BCUT2D eigenvalue weighted by atomic mass is 28.4. The van der Waals surface area contributed by atoms with Crippen molar-refractivity contribution in [2.24, 2.45) is 0 Å². The highest BCUT2D eigenvalue weighted by Gasteiger charge is 2.49. The largest absolute Gasteiger partial charge is 0.679 e. The topological polar surface area (TPSA) is 49.4 Å². The van der Waals surface area contributed by atoms with Gasteiger partial charge in [-0.05, 0) is 0 Å². The molecular weight excluding hydrogens is 254 g/mol. The Morgan fingerprint density at radius 3 is 2.72 bits per heavy atom. The lowest BCUT2D eigenvalue weighted by atomic mass is 10.3. The molecule has 1 atom stereocenters. The summed E-state index contributed by atoms with van der Waals surface area (Å²) in [6.07, 6.45) is 1.64. The zero-order valence-corrected chi connectivity index (χ0v) is 11.8. The number of ether oxygens (including phenoxy) is 1. The minimum absolute atomic E-state index is 0.0860. The van der Waals surface area contributed by atoms with E-state index < -0.39 is 9.05 Å². The van der Waals surface area contributed by atoms with Gasteiger partial charge in [0, 0.05) is 26.7 Å². The Kier molecular flexibility index (Phi) is 5.31. The van der Waals surface area contributed by atoms with Crippen LogP contribution in [0, 0.1) is 0 Å². The number of nitrogens with zero attached hydrogens (tertiary/aromatic N) is 1. The fourth-order valence-electron chi connectivity index (χ4n) is 2.07. The van der Waals surface area contributed by atoms with Crippen molar-refractivity contribution in [2.75, 3.05) is 53.2 Å². The molecule has 3 rings (SSSR count). The summed E-state index contributed by atoms with van der Waals surface area (Å²) < 4.78 is 28.1. The van der Waals surface area contributed by atoms with Gasteiger partial charge >= 0.3 is 9.05 Å². The third-order valence-electron chi connectivity index (χ3n) is 2.93. The molecule has 0 spiro atoms. The SMILES string of the molecule is C=CCOCC1CN2CCO[Si](OC)(OCC2)O1. The normalized spacial score (nSPS) is 36.7. The van der Waals surface area contributed by atoms with Crippen LogP contribution in [0.3, 0.4) is 0 Å². The number of fused-ring (bicyclic) bond motifs is 6. The summed E-state index contributed by atoms with van der Waals surface area (Å²) in [5.74, 6) is 0. The standard InChI is InChI=1S/C11H21NO5Si/c1-3-6-14-10-11-9-12-4-7-15-18(13-2,17-11)16-8-5-12/h3,11H,1,4-10H2,2H3. The van der Waals surface area contributed by atoms with Crippen molar-refractivity contribution >= 4 is 9.05 Å². The molecule has 0 amide bonds. The Morgan fingerprint density at radius 1 is 1.39 bits per heavy atom. The van der Waals surface area contributed by atoms with Crippen molar-refractivity contribution in [3.8, 4) is 0 Å². The van der Waals surface area contributed by atoms with Gasteiger partial charge in [0.1, 0.15) is 0 Å². The molecule has 0 radical (unpaired) electrons. The third kappa shape index (κ3) is 3.61. The number of rotatable bonds is 5. The van der Waals surface area contributed by atoms with Gasteiger partial charge in [-0.25, -0.2) is 0 Å². The van der Waals surface area contributed by atoms with Crippen LogP contribution in [-0.2, 0) is 22.4 Å². The first-order valence-electron chi connectivity index (χ1n) is 6.20. The first-order chi connectivity index (χ1) is 8.78. The van der Waals surface area contributed by atoms with Gasteiger partial charge < -0.3 is 22.4 Å². The maximum atomic E-state index is 5.92. The Hall–Kier alpha value is -0.283. The fourth-order valence-corrected chi connectivity index (χ4v) is 3.85. The van der Waals surface area contributed by atoms with Crippen LogP contribution in [0.25, 0.3) is 0 Å². The molecule has 3 saturated heterocycles. The summed E-state index contributed by atoms with van der Waals surface area (Å²) in [6.45, 7) is 8.38. The summed E-state index contributed by atoms with van der Waals surface area (Å²) in [5, 5.41) is 0. The Morgan fingerprint density at radius 2 is 2.11 bits per heavy atom. The molecule has 3 heterocycles. The lowest BCUT2D eigenvalue weighted by Crippen LogP contribution is -2.60. The molecule has 1 unspecified atom stereocenters. The molecule has 0 N–H and O–H groups in total. The van der Waals surface area contributed by atoms with Crippen LogP contribution in [0.5, 0.6) is 0 Å². The van der Waals surface area contributed by atoms with Crippen LogP contribution in [0.15, 0.2) is 12.7 Å². The van der Waals surface area contributed by atoms with Crippen molar-refractivity contribution < 1.29 is 22.4 Å². The highest BCUT2D eigenvalue weighted by molar-refractivity contribution is 6.53. The van der Waals surface area contributed by atoms with Crippen molar-refractivity contribution in [3.63, 3.8) is 0 Å². The fraction of sp³-hybridized carbons (Fsp3) is 0.818. The summed E-state index contributed by atoms with van der Waals surface area (Å²) >= 11 is 0. The van der Waals surface area contributed by atoms with Gasteiger partial charge in [0.05, 0.1) is 32.5 Å². The summed E-state index contributed by atoms with van der Waals surface area (Å²) in [4.78, 5) is 2.26. The smallest absolute Gasteiger partial charge is 0.375 e. The second-order valence-electron chi connectivity index (χ2n) is 4.27. The molecule has 104 valence electrons. The molecule has 3 fully saturated rings. The Labute approximate surface area is 109 Å². The molecule has 0 aromatic rings. The second-order valence-corrected chi connectivity index (χ2v) is 6.49. The molecule has 2 bridgehead atoms. The quantitative estimate of drug-likeness (QED) is 0.400. The van der Waals surface area contributed by atoms with Gasteiger partial charge in [-0.1, -0.05) is 6.08 Å². The molecule has 0 aromatic heterocycles. The van der Waals surface area contributed by atoms with Crippen molar-refractivity contribution in [2.45, 2.75) is 6.10 Å². The van der Waals surface area contributed by atoms with E-state index in [1.54, 1.807) is 13.2 Å². The van der Waals surface area contributed by atoms with Crippen LogP contribution in [0.1, 0.15) is 0 Å². The second kappa shape index (κ2) is 6.76. The monoisotopic (exact) mass is 275 g/mol. The molecule has 0 saturated carbocycles. The first-order valence-corrected chi connectivity index (χ1v) is 7.83. The molecule has 6 nitrogen and oxygen atoms in total. The lowest BCUT2D eigenvalue weighted by Gasteiger charge is -2.39. The van der Waals surface area contributed by atoms with E-state index in [9.17, 15) is 0 Å². The van der Waals surface area contributed by atoms with E-state index in [2.05, 4.69) is 11.5 Å². The van der Waals surface area contributed by atoms with Crippen LogP contribution >= 0.6 is 0 Å². The zero-order chi connectivity index (χ0) is 12.8. The van der Waals surface area contributed by atoms with Crippen molar-refractivity contribution in [3.05, 3.63) is 12.7 Å². The summed E-state index contributed by atoms with van der Waals surface area (Å²) in [7, 11) is -1.38. The summed E-state index contributed by atoms with van der Waals surface area (Å²) in [6, 6.07) is 0. The maximum absolute atomic E-state index is 5.92. The van der Waals surface area contributed by atoms with E-state index in [-0.39, 0.29) is 6.10 Å².